The fourth-order valence-corrected chi connectivity index (χ4v) is 0. The van der Waals surface area contributed by atoms with Crippen LogP contribution in [0.3, 0.4) is 0 Å². The number of hydrogen-bond donors (Lipinski definition) is 0. The van der Waals surface area contributed by atoms with Gasteiger partial charge >= 0.3 is 0 Å². The highest BCUT2D eigenvalue weighted by molar-refractivity contribution is 4.89. The molecule has 0 aliphatic carbocycles. The van der Waals surface area contributed by atoms with Crippen LogP contribution in [0, 0.1) is 17.3 Å². The summed E-state index contributed by atoms with van der Waals surface area (Å²) in [7, 11) is 6.00. The maximum absolute atomic E-state index is 2.68. The molecule has 0 amide bonds. The molecule has 0 unspecified atom stereocenters. The topological polar surface area (TPSA) is 3.24 Å². The minimum Gasteiger partial charge on any atom is -0.312 e. The molecule has 0 aliphatic heterocycles. The summed E-state index contributed by atoms with van der Waals surface area (Å²) in [6.45, 7) is 18.6. The largest absolute Gasteiger partial charge is 0.312 e. The van der Waals surface area contributed by atoms with Crippen molar-refractivity contribution in [3.63, 3.8) is 0 Å². The van der Waals surface area contributed by atoms with Gasteiger partial charge < -0.3 is 4.90 Å². The van der Waals surface area contributed by atoms with Gasteiger partial charge in [0.15, 0.2) is 0 Å². The summed E-state index contributed by atoms with van der Waals surface area (Å²) in [5.74, 6) is 5.36. The zero-order chi connectivity index (χ0) is 15.8. The summed E-state index contributed by atoms with van der Waals surface area (Å²) in [6.07, 6.45) is 2.08. The third-order valence-electron chi connectivity index (χ3n) is 0.827. The fourth-order valence-electron chi connectivity index (χ4n) is 0. The minimum absolute atomic E-state index is 0. The second-order valence-corrected chi connectivity index (χ2v) is 6.21. The Morgan fingerprint density at radius 3 is 1.00 bits per heavy atom. The molecule has 0 saturated carbocycles. The number of allylic oxidation sites excluding steroid dienone is 2. The number of hydrogen-bond acceptors (Lipinski definition) is 1. The quantitative estimate of drug-likeness (QED) is 0.393. The van der Waals surface area contributed by atoms with Crippen molar-refractivity contribution in [1.82, 2.24) is 4.90 Å². The van der Waals surface area contributed by atoms with Crippen LogP contribution in [0.1, 0.15) is 69.7 Å². The van der Waals surface area contributed by atoms with E-state index in [-0.39, 0.29) is 7.43 Å². The Morgan fingerprint density at radius 1 is 0.895 bits per heavy atom. The molecule has 0 atom stereocenters. The van der Waals surface area contributed by atoms with Crippen LogP contribution in [0.5, 0.6) is 0 Å². The van der Waals surface area contributed by atoms with Gasteiger partial charge in [-0.1, -0.05) is 46.8 Å². The Morgan fingerprint density at radius 2 is 1.00 bits per heavy atom. The predicted octanol–water partition coefficient (Wildman–Crippen LogP) is 5.87. The molecular formula is C18H41N. The van der Waals surface area contributed by atoms with Crippen molar-refractivity contribution >= 4 is 0 Å². The molecule has 0 aliphatic rings. The van der Waals surface area contributed by atoms with E-state index in [0.717, 1.165) is 0 Å². The third-order valence-corrected chi connectivity index (χ3v) is 0.827. The first-order valence-electron chi connectivity index (χ1n) is 6.46. The van der Waals surface area contributed by atoms with E-state index in [1.807, 2.05) is 46.8 Å². The van der Waals surface area contributed by atoms with Crippen molar-refractivity contribution in [3.8, 4) is 11.8 Å². The molecule has 0 radical (unpaired) electrons. The first kappa shape index (κ1) is 30.9. The van der Waals surface area contributed by atoms with Crippen LogP contribution in [-0.2, 0) is 0 Å². The first-order chi connectivity index (χ1) is 7.92. The third kappa shape index (κ3) is 787. The van der Waals surface area contributed by atoms with Crippen molar-refractivity contribution in [2.75, 3.05) is 21.1 Å². The fraction of sp³-hybridized carbons (Fsp3) is 0.778. The Hall–Kier alpha value is -0.740. The molecule has 0 saturated heterocycles. The van der Waals surface area contributed by atoms with Crippen molar-refractivity contribution in [2.45, 2.75) is 69.7 Å². The molecule has 0 heterocycles. The van der Waals surface area contributed by atoms with Crippen molar-refractivity contribution in [3.05, 3.63) is 11.6 Å². The maximum Gasteiger partial charge on any atom is -0.00271 e. The lowest BCUT2D eigenvalue weighted by atomic mass is 10.0. The van der Waals surface area contributed by atoms with Gasteiger partial charge in [-0.05, 0) is 61.2 Å². The molecule has 1 heteroatoms. The predicted molar refractivity (Wildman–Crippen MR) is 95.7 cm³/mol. The molecule has 1 nitrogen and oxygen atoms in total. The molecule has 0 fully saturated rings. The normalized spacial score (nSPS) is 7.63. The van der Waals surface area contributed by atoms with Crippen molar-refractivity contribution in [2.24, 2.45) is 5.41 Å². The van der Waals surface area contributed by atoms with E-state index in [1.165, 1.54) is 5.57 Å². The highest BCUT2D eigenvalue weighted by Crippen LogP contribution is 2.08. The van der Waals surface area contributed by atoms with Crippen LogP contribution in [0.25, 0.3) is 0 Å². The smallest absolute Gasteiger partial charge is 0.00271 e. The van der Waals surface area contributed by atoms with Crippen LogP contribution in [0.15, 0.2) is 11.6 Å². The Balaban J connectivity index is -0.0000000453. The zero-order valence-corrected chi connectivity index (χ0v) is 15.0. The molecule has 19 heavy (non-hydrogen) atoms. The second kappa shape index (κ2) is 22.4. The van der Waals surface area contributed by atoms with Gasteiger partial charge in [0.1, 0.15) is 0 Å². The van der Waals surface area contributed by atoms with E-state index in [4.69, 9.17) is 0 Å². The van der Waals surface area contributed by atoms with Gasteiger partial charge in [-0.2, -0.15) is 0 Å². The Kier molecular flexibility index (Phi) is 36.5. The van der Waals surface area contributed by atoms with E-state index in [1.54, 1.807) is 0 Å². The van der Waals surface area contributed by atoms with Crippen LogP contribution in [0.4, 0.5) is 0 Å². The average Bonchev–Trinajstić information content (AvgIpc) is 2.14. The lowest BCUT2D eigenvalue weighted by molar-refractivity contribution is 0.469. The molecule has 0 N–H and O–H groups in total. The van der Waals surface area contributed by atoms with E-state index in [0.29, 0.717) is 5.41 Å². The summed E-state index contributed by atoms with van der Waals surface area (Å²) in [5.41, 5.74) is 1.88. The highest BCUT2D eigenvalue weighted by atomic mass is 15.0. The van der Waals surface area contributed by atoms with Gasteiger partial charge in [0.2, 0.25) is 0 Å². The first-order valence-corrected chi connectivity index (χ1v) is 6.46. The van der Waals surface area contributed by atoms with E-state index in [9.17, 15) is 0 Å². The van der Waals surface area contributed by atoms with E-state index >= 15 is 0 Å². The molecule has 118 valence electrons. The molecular weight excluding hydrogens is 230 g/mol. The average molecular weight is 272 g/mol. The van der Waals surface area contributed by atoms with Crippen LogP contribution < -0.4 is 0 Å². The lowest BCUT2D eigenvalue weighted by Gasteiger charge is -2.05. The highest BCUT2D eigenvalue weighted by Gasteiger charge is 1.95. The number of rotatable bonds is 0. The van der Waals surface area contributed by atoms with E-state index in [2.05, 4.69) is 59.5 Å². The monoisotopic (exact) mass is 271 g/mol. The summed E-state index contributed by atoms with van der Waals surface area (Å²) in [5, 5.41) is 0. The molecule has 0 bridgehead atoms. The van der Waals surface area contributed by atoms with Gasteiger partial charge in [-0.3, -0.25) is 0 Å². The lowest BCUT2D eigenvalue weighted by Crippen LogP contribution is -1.99. The van der Waals surface area contributed by atoms with Crippen LogP contribution >= 0.6 is 0 Å². The van der Waals surface area contributed by atoms with Gasteiger partial charge in [-0.15, -0.1) is 11.8 Å². The minimum atomic E-state index is 0. The van der Waals surface area contributed by atoms with Gasteiger partial charge in [0.05, 0.1) is 0 Å². The van der Waals surface area contributed by atoms with Crippen LogP contribution in [-0.4, -0.2) is 26.0 Å². The van der Waals surface area contributed by atoms with Gasteiger partial charge in [0, 0.05) is 0 Å². The summed E-state index contributed by atoms with van der Waals surface area (Å²) < 4.78 is 0. The number of nitrogens with zero attached hydrogens (tertiary/aromatic N) is 1. The van der Waals surface area contributed by atoms with Crippen molar-refractivity contribution < 1.29 is 0 Å². The molecule has 0 aromatic rings. The van der Waals surface area contributed by atoms with Gasteiger partial charge in [0.25, 0.3) is 0 Å². The van der Waals surface area contributed by atoms with Crippen LogP contribution in [0.2, 0.25) is 0 Å². The SMILES string of the molecule is C.CC#CC.CC(C)(C)C.CC=C(C)C.CN(C)C. The summed E-state index contributed by atoms with van der Waals surface area (Å²) in [6, 6.07) is 0. The second-order valence-electron chi connectivity index (χ2n) is 6.21. The Bertz CT molecular complexity index is 200. The molecule has 0 aromatic carbocycles. The van der Waals surface area contributed by atoms with Crippen molar-refractivity contribution in [1.29, 1.82) is 0 Å². The molecule has 0 aromatic heterocycles. The zero-order valence-electron chi connectivity index (χ0n) is 15.0. The summed E-state index contributed by atoms with van der Waals surface area (Å²) >= 11 is 0. The summed E-state index contributed by atoms with van der Waals surface area (Å²) in [4.78, 5) is 2.00. The maximum atomic E-state index is 2.68. The van der Waals surface area contributed by atoms with Gasteiger partial charge in [-0.25, -0.2) is 0 Å². The van der Waals surface area contributed by atoms with E-state index < -0.39 is 0 Å². The molecule has 0 rings (SSSR count). The standard InChI is InChI=1S/C5H12.C5H10.C4H6.C3H9N.CH4/c1-5(2,3)4;1-4-5(2)3;1-3-4-2;1-4(2)3;/h1-4H3;4H,1-3H3;1-2H3;1-3H3;1H4. The Labute approximate surface area is 125 Å². The molecule has 0 spiro atoms.